The molecule has 0 atom stereocenters. The van der Waals surface area contributed by atoms with Crippen molar-refractivity contribution in [3.8, 4) is 6.07 Å². The van der Waals surface area contributed by atoms with E-state index in [1.165, 1.54) is 12.1 Å². The van der Waals surface area contributed by atoms with E-state index in [1.807, 2.05) is 20.2 Å². The van der Waals surface area contributed by atoms with Gasteiger partial charge in [-0.3, -0.25) is 0 Å². The number of hydrogen-bond donors (Lipinski definition) is 0. The summed E-state index contributed by atoms with van der Waals surface area (Å²) in [4.78, 5) is 2.11. The van der Waals surface area contributed by atoms with Crippen molar-refractivity contribution >= 4 is 11.8 Å². The van der Waals surface area contributed by atoms with Crippen molar-refractivity contribution in [1.29, 1.82) is 5.26 Å². The van der Waals surface area contributed by atoms with Gasteiger partial charge in [0.25, 0.3) is 0 Å². The van der Waals surface area contributed by atoms with E-state index in [2.05, 4.69) is 4.90 Å². The zero-order valence-corrected chi connectivity index (χ0v) is 10.4. The van der Waals surface area contributed by atoms with Crippen LogP contribution in [0.5, 0.6) is 0 Å². The number of benzene rings is 1. The smallest absolute Gasteiger partial charge is 0.124 e. The first-order chi connectivity index (χ1) is 7.61. The minimum atomic E-state index is -0.331. The Balaban J connectivity index is 2.48. The first kappa shape index (κ1) is 13.0. The standard InChI is InChI=1S/C12H15FN2S/c1-15(2)3-4-16-9-11-5-10(8-14)6-12(13)7-11/h5-7H,3-4,9H2,1-2H3. The van der Waals surface area contributed by atoms with E-state index < -0.39 is 0 Å². The molecule has 0 aliphatic heterocycles. The van der Waals surface area contributed by atoms with E-state index >= 15 is 0 Å². The molecular formula is C12H15FN2S. The molecule has 0 amide bonds. The highest BCUT2D eigenvalue weighted by atomic mass is 32.2. The molecule has 0 unspecified atom stereocenters. The molecule has 2 nitrogen and oxygen atoms in total. The molecule has 86 valence electrons. The van der Waals surface area contributed by atoms with Gasteiger partial charge in [-0.2, -0.15) is 17.0 Å². The van der Waals surface area contributed by atoms with Gasteiger partial charge in [0.1, 0.15) is 5.82 Å². The highest BCUT2D eigenvalue weighted by Gasteiger charge is 2.01. The van der Waals surface area contributed by atoms with Crippen LogP contribution in [0.15, 0.2) is 18.2 Å². The van der Waals surface area contributed by atoms with Gasteiger partial charge in [-0.1, -0.05) is 0 Å². The van der Waals surface area contributed by atoms with Crippen LogP contribution in [0.25, 0.3) is 0 Å². The van der Waals surface area contributed by atoms with Crippen LogP contribution >= 0.6 is 11.8 Å². The van der Waals surface area contributed by atoms with E-state index in [4.69, 9.17) is 5.26 Å². The Morgan fingerprint density at radius 3 is 2.75 bits per heavy atom. The van der Waals surface area contributed by atoms with Crippen LogP contribution in [-0.2, 0) is 5.75 Å². The SMILES string of the molecule is CN(C)CCSCc1cc(F)cc(C#N)c1. The van der Waals surface area contributed by atoms with Crippen LogP contribution in [0.2, 0.25) is 0 Å². The third-order valence-corrected chi connectivity index (χ3v) is 3.05. The number of nitriles is 1. The molecule has 0 heterocycles. The Morgan fingerprint density at radius 2 is 2.12 bits per heavy atom. The molecule has 0 aliphatic carbocycles. The van der Waals surface area contributed by atoms with Gasteiger partial charge < -0.3 is 4.90 Å². The van der Waals surface area contributed by atoms with E-state index in [-0.39, 0.29) is 5.82 Å². The van der Waals surface area contributed by atoms with Crippen molar-refractivity contribution < 1.29 is 4.39 Å². The van der Waals surface area contributed by atoms with Crippen molar-refractivity contribution in [2.75, 3.05) is 26.4 Å². The summed E-state index contributed by atoms with van der Waals surface area (Å²) in [7, 11) is 4.05. The van der Waals surface area contributed by atoms with Gasteiger partial charge in [0.15, 0.2) is 0 Å². The second-order valence-electron chi connectivity index (χ2n) is 3.82. The fourth-order valence-corrected chi connectivity index (χ4v) is 2.28. The average Bonchev–Trinajstić information content (AvgIpc) is 2.23. The summed E-state index contributed by atoms with van der Waals surface area (Å²) in [5, 5.41) is 8.70. The van der Waals surface area contributed by atoms with Crippen LogP contribution in [0.4, 0.5) is 4.39 Å². The van der Waals surface area contributed by atoms with Crippen LogP contribution < -0.4 is 0 Å². The van der Waals surface area contributed by atoms with Gasteiger partial charge in [0.05, 0.1) is 11.6 Å². The molecule has 0 saturated heterocycles. The molecule has 4 heteroatoms. The maximum atomic E-state index is 13.1. The number of rotatable bonds is 5. The number of nitrogens with zero attached hydrogens (tertiary/aromatic N) is 2. The molecule has 0 aromatic heterocycles. The number of halogens is 1. The third kappa shape index (κ3) is 4.65. The molecule has 0 radical (unpaired) electrons. The van der Waals surface area contributed by atoms with Crippen molar-refractivity contribution in [3.05, 3.63) is 35.1 Å². The van der Waals surface area contributed by atoms with Crippen LogP contribution in [0.1, 0.15) is 11.1 Å². The van der Waals surface area contributed by atoms with E-state index in [1.54, 1.807) is 17.8 Å². The first-order valence-electron chi connectivity index (χ1n) is 5.04. The molecule has 0 bridgehead atoms. The summed E-state index contributed by atoms with van der Waals surface area (Å²) in [5.41, 5.74) is 1.27. The summed E-state index contributed by atoms with van der Waals surface area (Å²) in [6.07, 6.45) is 0. The van der Waals surface area contributed by atoms with Crippen molar-refractivity contribution in [3.63, 3.8) is 0 Å². The number of thioether (sulfide) groups is 1. The molecule has 0 aliphatic rings. The Labute approximate surface area is 100 Å². The monoisotopic (exact) mass is 238 g/mol. The second kappa shape index (κ2) is 6.51. The van der Waals surface area contributed by atoms with Crippen LogP contribution in [0.3, 0.4) is 0 Å². The highest BCUT2D eigenvalue weighted by Crippen LogP contribution is 2.15. The molecular weight excluding hydrogens is 223 g/mol. The topological polar surface area (TPSA) is 27.0 Å². The van der Waals surface area contributed by atoms with Gasteiger partial charge in [0, 0.05) is 18.1 Å². The first-order valence-corrected chi connectivity index (χ1v) is 6.19. The summed E-state index contributed by atoms with van der Waals surface area (Å²) in [6, 6.07) is 6.45. The zero-order chi connectivity index (χ0) is 12.0. The fourth-order valence-electron chi connectivity index (χ4n) is 1.24. The Morgan fingerprint density at radius 1 is 1.38 bits per heavy atom. The molecule has 0 fully saturated rings. The maximum Gasteiger partial charge on any atom is 0.124 e. The molecule has 0 N–H and O–H groups in total. The minimum Gasteiger partial charge on any atom is -0.309 e. The van der Waals surface area contributed by atoms with E-state index in [0.29, 0.717) is 5.56 Å². The second-order valence-corrected chi connectivity index (χ2v) is 4.92. The Bertz CT molecular complexity index is 385. The van der Waals surface area contributed by atoms with Crippen molar-refractivity contribution in [2.24, 2.45) is 0 Å². The predicted molar refractivity (Wildman–Crippen MR) is 65.8 cm³/mol. The molecule has 0 spiro atoms. The highest BCUT2D eigenvalue weighted by molar-refractivity contribution is 7.98. The molecule has 1 rings (SSSR count). The van der Waals surface area contributed by atoms with Crippen molar-refractivity contribution in [1.82, 2.24) is 4.90 Å². The van der Waals surface area contributed by atoms with Crippen molar-refractivity contribution in [2.45, 2.75) is 5.75 Å². The Hall–Kier alpha value is -1.05. The molecule has 1 aromatic carbocycles. The lowest BCUT2D eigenvalue weighted by molar-refractivity contribution is 0.437. The van der Waals surface area contributed by atoms with E-state index in [9.17, 15) is 4.39 Å². The fraction of sp³-hybridized carbons (Fsp3) is 0.417. The van der Waals surface area contributed by atoms with Crippen LogP contribution in [0, 0.1) is 17.1 Å². The lowest BCUT2D eigenvalue weighted by atomic mass is 10.1. The van der Waals surface area contributed by atoms with Crippen LogP contribution in [-0.4, -0.2) is 31.3 Å². The zero-order valence-electron chi connectivity index (χ0n) is 9.53. The van der Waals surface area contributed by atoms with Gasteiger partial charge in [-0.25, -0.2) is 4.39 Å². The minimum absolute atomic E-state index is 0.331. The Kier molecular flexibility index (Phi) is 5.30. The van der Waals surface area contributed by atoms with Gasteiger partial charge >= 0.3 is 0 Å². The lowest BCUT2D eigenvalue weighted by Gasteiger charge is -2.08. The summed E-state index contributed by atoms with van der Waals surface area (Å²) >= 11 is 1.74. The molecule has 0 saturated carbocycles. The normalized spacial score (nSPS) is 10.4. The van der Waals surface area contributed by atoms with E-state index in [0.717, 1.165) is 23.6 Å². The summed E-state index contributed by atoms with van der Waals surface area (Å²) in [6.45, 7) is 1.01. The quantitative estimate of drug-likeness (QED) is 0.737. The van der Waals surface area contributed by atoms with Gasteiger partial charge in [-0.05, 0) is 37.9 Å². The maximum absolute atomic E-state index is 13.1. The molecule has 16 heavy (non-hydrogen) atoms. The lowest BCUT2D eigenvalue weighted by Crippen LogP contribution is -2.14. The largest absolute Gasteiger partial charge is 0.309 e. The summed E-state index contributed by atoms with van der Waals surface area (Å²) < 4.78 is 13.1. The van der Waals surface area contributed by atoms with Gasteiger partial charge in [-0.15, -0.1) is 0 Å². The average molecular weight is 238 g/mol. The third-order valence-electron chi connectivity index (χ3n) is 2.04. The number of hydrogen-bond acceptors (Lipinski definition) is 3. The predicted octanol–water partition coefficient (Wildman–Crippen LogP) is 2.49. The van der Waals surface area contributed by atoms with Gasteiger partial charge in [0.2, 0.25) is 0 Å². The molecule has 1 aromatic rings. The summed E-state index contributed by atoms with van der Waals surface area (Å²) in [5.74, 6) is 1.42.